The zero-order chi connectivity index (χ0) is 16.4. The second-order valence-corrected chi connectivity index (χ2v) is 4.14. The van der Waals surface area contributed by atoms with Gasteiger partial charge in [0.05, 0.1) is 19.9 Å². The topological polar surface area (TPSA) is 109 Å². The van der Waals surface area contributed by atoms with Crippen molar-refractivity contribution >= 4 is 11.9 Å². The second kappa shape index (κ2) is 9.19. The molecule has 7 nitrogen and oxygen atoms in total. The Morgan fingerprint density at radius 1 is 1.14 bits per heavy atom. The van der Waals surface area contributed by atoms with Crippen molar-refractivity contribution in [1.29, 1.82) is 0 Å². The Morgan fingerprint density at radius 3 is 2.41 bits per heavy atom. The first kappa shape index (κ1) is 17.3. The molecule has 0 bridgehead atoms. The van der Waals surface area contributed by atoms with E-state index in [1.165, 1.54) is 5.56 Å². The van der Waals surface area contributed by atoms with Gasteiger partial charge in [-0.3, -0.25) is 0 Å². The number of furan rings is 1. The minimum Gasteiger partial charge on any atom is -0.497 e. The van der Waals surface area contributed by atoms with E-state index in [1.807, 2.05) is 30.3 Å². The van der Waals surface area contributed by atoms with E-state index in [4.69, 9.17) is 29.0 Å². The average molecular weight is 307 g/mol. The molecule has 2 rings (SSSR count). The lowest BCUT2D eigenvalue weighted by molar-refractivity contribution is -0.159. The molecule has 0 amide bonds. The molecule has 1 heterocycles. The molecule has 0 aliphatic rings. The van der Waals surface area contributed by atoms with Gasteiger partial charge in [-0.2, -0.15) is 0 Å². The Balaban J connectivity index is 0.000000346. The van der Waals surface area contributed by atoms with Crippen molar-refractivity contribution in [1.82, 2.24) is 5.32 Å². The summed E-state index contributed by atoms with van der Waals surface area (Å²) >= 11 is 0. The Bertz CT molecular complexity index is 582. The van der Waals surface area contributed by atoms with E-state index in [2.05, 4.69) is 11.4 Å². The number of hydrogen-bond donors (Lipinski definition) is 3. The molecule has 0 saturated carbocycles. The summed E-state index contributed by atoms with van der Waals surface area (Å²) in [5, 5.41) is 18.1. The predicted octanol–water partition coefficient (Wildman–Crippen LogP) is 1.73. The fourth-order valence-electron chi connectivity index (χ4n) is 1.53. The van der Waals surface area contributed by atoms with Gasteiger partial charge in [-0.1, -0.05) is 12.1 Å². The number of methoxy groups -OCH3 is 1. The van der Waals surface area contributed by atoms with Crippen molar-refractivity contribution in [2.75, 3.05) is 7.11 Å². The molecule has 22 heavy (non-hydrogen) atoms. The van der Waals surface area contributed by atoms with Crippen LogP contribution in [-0.2, 0) is 22.7 Å². The number of ether oxygens (including phenoxy) is 1. The van der Waals surface area contributed by atoms with Crippen LogP contribution in [0, 0.1) is 0 Å². The number of aliphatic carboxylic acids is 2. The van der Waals surface area contributed by atoms with Gasteiger partial charge < -0.3 is 24.7 Å². The van der Waals surface area contributed by atoms with Gasteiger partial charge in [-0.15, -0.1) is 0 Å². The standard InChI is InChI=1S/C13H15NO2.C2H2O4/c1-15-12-5-2-4-11(8-12)9-14-10-13-6-3-7-16-13;3-1(4)2(5)6/h2-8,14H,9-10H2,1H3;(H,3,4)(H,5,6). The van der Waals surface area contributed by atoms with E-state index in [0.717, 1.165) is 24.6 Å². The molecule has 7 heteroatoms. The van der Waals surface area contributed by atoms with Crippen LogP contribution in [0.15, 0.2) is 47.1 Å². The summed E-state index contributed by atoms with van der Waals surface area (Å²) in [4.78, 5) is 18.2. The van der Waals surface area contributed by atoms with Crippen LogP contribution in [0.2, 0.25) is 0 Å². The summed E-state index contributed by atoms with van der Waals surface area (Å²) in [7, 11) is 1.68. The van der Waals surface area contributed by atoms with Crippen LogP contribution in [-0.4, -0.2) is 29.3 Å². The summed E-state index contributed by atoms with van der Waals surface area (Å²) in [6.45, 7) is 1.54. The molecule has 0 radical (unpaired) electrons. The van der Waals surface area contributed by atoms with Crippen molar-refractivity contribution in [3.63, 3.8) is 0 Å². The van der Waals surface area contributed by atoms with Crippen molar-refractivity contribution in [3.8, 4) is 5.75 Å². The number of nitrogens with one attached hydrogen (secondary N) is 1. The summed E-state index contributed by atoms with van der Waals surface area (Å²) in [6, 6.07) is 11.9. The number of carboxylic acids is 2. The van der Waals surface area contributed by atoms with Crippen LogP contribution in [0.1, 0.15) is 11.3 Å². The molecular weight excluding hydrogens is 290 g/mol. The summed E-state index contributed by atoms with van der Waals surface area (Å²) in [5.74, 6) is -1.81. The van der Waals surface area contributed by atoms with Crippen LogP contribution in [0.3, 0.4) is 0 Å². The molecule has 0 aliphatic heterocycles. The lowest BCUT2D eigenvalue weighted by Crippen LogP contribution is -2.12. The summed E-state index contributed by atoms with van der Waals surface area (Å²) in [6.07, 6.45) is 1.68. The molecule has 1 aromatic carbocycles. The van der Waals surface area contributed by atoms with Crippen molar-refractivity contribution in [2.24, 2.45) is 0 Å². The fourth-order valence-corrected chi connectivity index (χ4v) is 1.53. The maximum atomic E-state index is 9.10. The normalized spacial score (nSPS) is 9.50. The maximum absolute atomic E-state index is 9.10. The van der Waals surface area contributed by atoms with Gasteiger partial charge in [0.15, 0.2) is 0 Å². The van der Waals surface area contributed by atoms with Crippen LogP contribution in [0.4, 0.5) is 0 Å². The van der Waals surface area contributed by atoms with Crippen LogP contribution < -0.4 is 10.1 Å². The predicted molar refractivity (Wildman–Crippen MR) is 77.5 cm³/mol. The SMILES string of the molecule is COc1cccc(CNCc2ccco2)c1.O=C(O)C(=O)O. The molecule has 0 fully saturated rings. The third kappa shape index (κ3) is 6.58. The maximum Gasteiger partial charge on any atom is 0.414 e. The molecule has 0 spiro atoms. The van der Waals surface area contributed by atoms with E-state index in [-0.39, 0.29) is 0 Å². The van der Waals surface area contributed by atoms with Crippen LogP contribution in [0.25, 0.3) is 0 Å². The van der Waals surface area contributed by atoms with Crippen molar-refractivity contribution in [3.05, 3.63) is 54.0 Å². The van der Waals surface area contributed by atoms with Gasteiger partial charge in [-0.05, 0) is 29.8 Å². The number of carbonyl (C=O) groups is 2. The van der Waals surface area contributed by atoms with E-state index < -0.39 is 11.9 Å². The molecule has 0 unspecified atom stereocenters. The van der Waals surface area contributed by atoms with Crippen LogP contribution in [0.5, 0.6) is 5.75 Å². The first-order valence-electron chi connectivity index (χ1n) is 6.35. The lowest BCUT2D eigenvalue weighted by Gasteiger charge is -2.05. The number of rotatable bonds is 5. The first-order chi connectivity index (χ1) is 10.5. The smallest absolute Gasteiger partial charge is 0.414 e. The quantitative estimate of drug-likeness (QED) is 0.722. The zero-order valence-electron chi connectivity index (χ0n) is 12.0. The third-order valence-corrected chi connectivity index (χ3v) is 2.53. The van der Waals surface area contributed by atoms with Gasteiger partial charge in [0.2, 0.25) is 0 Å². The number of carboxylic acid groups (broad SMARTS) is 2. The van der Waals surface area contributed by atoms with Crippen molar-refractivity contribution < 1.29 is 29.0 Å². The Morgan fingerprint density at radius 2 is 1.86 bits per heavy atom. The minimum absolute atomic E-state index is 0.740. The summed E-state index contributed by atoms with van der Waals surface area (Å²) < 4.78 is 10.4. The number of hydrogen-bond acceptors (Lipinski definition) is 5. The zero-order valence-corrected chi connectivity index (χ0v) is 12.0. The largest absolute Gasteiger partial charge is 0.497 e. The highest BCUT2D eigenvalue weighted by atomic mass is 16.5. The van der Waals surface area contributed by atoms with Gasteiger partial charge in [0.25, 0.3) is 0 Å². The van der Waals surface area contributed by atoms with Gasteiger partial charge in [0, 0.05) is 6.54 Å². The molecule has 1 aromatic heterocycles. The Hall–Kier alpha value is -2.80. The highest BCUT2D eigenvalue weighted by Gasteiger charge is 2.04. The molecule has 3 N–H and O–H groups in total. The van der Waals surface area contributed by atoms with E-state index in [0.29, 0.717) is 0 Å². The average Bonchev–Trinajstić information content (AvgIpc) is 3.01. The van der Waals surface area contributed by atoms with Gasteiger partial charge in [-0.25, -0.2) is 9.59 Å². The second-order valence-electron chi connectivity index (χ2n) is 4.14. The van der Waals surface area contributed by atoms with E-state index in [1.54, 1.807) is 13.4 Å². The van der Waals surface area contributed by atoms with E-state index >= 15 is 0 Å². The van der Waals surface area contributed by atoms with Crippen LogP contribution >= 0.6 is 0 Å². The third-order valence-electron chi connectivity index (χ3n) is 2.53. The van der Waals surface area contributed by atoms with Gasteiger partial charge in [0.1, 0.15) is 11.5 Å². The lowest BCUT2D eigenvalue weighted by atomic mass is 10.2. The first-order valence-corrected chi connectivity index (χ1v) is 6.35. The monoisotopic (exact) mass is 307 g/mol. The molecule has 0 aliphatic carbocycles. The highest BCUT2D eigenvalue weighted by Crippen LogP contribution is 2.12. The number of benzene rings is 1. The molecule has 0 saturated heterocycles. The van der Waals surface area contributed by atoms with Gasteiger partial charge >= 0.3 is 11.9 Å². The van der Waals surface area contributed by atoms with Crippen molar-refractivity contribution in [2.45, 2.75) is 13.1 Å². The summed E-state index contributed by atoms with van der Waals surface area (Å²) in [5.41, 5.74) is 1.20. The minimum atomic E-state index is -1.82. The van der Waals surface area contributed by atoms with E-state index in [9.17, 15) is 0 Å². The molecule has 2 aromatic rings. The highest BCUT2D eigenvalue weighted by molar-refractivity contribution is 6.27. The molecule has 0 atom stereocenters. The fraction of sp³-hybridized carbons (Fsp3) is 0.200. The Labute approximate surface area is 127 Å². The Kier molecular flexibility index (Phi) is 7.21. The molecular formula is C15H17NO6. The molecule has 118 valence electrons.